The maximum atomic E-state index is 12.9. The Morgan fingerprint density at radius 3 is 2.96 bits per heavy atom. The summed E-state index contributed by atoms with van der Waals surface area (Å²) in [6.07, 6.45) is 5.89. The molecule has 0 saturated carbocycles. The fraction of sp³-hybridized carbons (Fsp3) is 0.526. The van der Waals surface area contributed by atoms with Gasteiger partial charge in [0, 0.05) is 38.6 Å². The third-order valence-corrected chi connectivity index (χ3v) is 5.58. The number of amides is 2. The van der Waals surface area contributed by atoms with Crippen LogP contribution in [-0.4, -0.2) is 69.3 Å². The normalized spacial score (nSPS) is 22.8. The van der Waals surface area contributed by atoms with Gasteiger partial charge in [-0.1, -0.05) is 0 Å². The third-order valence-electron chi connectivity index (χ3n) is 5.58. The molecule has 144 valence electrons. The first-order valence-corrected chi connectivity index (χ1v) is 9.37. The molecule has 2 aliphatic heterocycles. The van der Waals surface area contributed by atoms with E-state index in [2.05, 4.69) is 5.10 Å². The molecule has 1 atom stereocenters. The maximum Gasteiger partial charge on any atom is 0.289 e. The zero-order valence-electron chi connectivity index (χ0n) is 15.2. The van der Waals surface area contributed by atoms with Gasteiger partial charge in [0.2, 0.25) is 5.91 Å². The van der Waals surface area contributed by atoms with Crippen molar-refractivity contribution < 1.29 is 19.1 Å². The molecule has 0 bridgehead atoms. The number of β-amino-alcohol motifs (C(OH)–C–C–N with tert-alkyl or cyclic N) is 1. The van der Waals surface area contributed by atoms with Crippen molar-refractivity contribution in [1.82, 2.24) is 19.6 Å². The van der Waals surface area contributed by atoms with Crippen molar-refractivity contribution in [3.05, 3.63) is 42.1 Å². The molecule has 0 unspecified atom stereocenters. The van der Waals surface area contributed by atoms with Crippen LogP contribution in [0.25, 0.3) is 0 Å². The van der Waals surface area contributed by atoms with Crippen molar-refractivity contribution >= 4 is 11.8 Å². The summed E-state index contributed by atoms with van der Waals surface area (Å²) in [7, 11) is 0. The second-order valence-electron chi connectivity index (χ2n) is 7.35. The van der Waals surface area contributed by atoms with Crippen LogP contribution in [0.1, 0.15) is 35.6 Å². The highest BCUT2D eigenvalue weighted by atomic mass is 16.4. The second kappa shape index (κ2) is 7.19. The first kappa shape index (κ1) is 17.8. The predicted molar refractivity (Wildman–Crippen MR) is 95.9 cm³/mol. The highest BCUT2D eigenvalue weighted by Crippen LogP contribution is 2.40. The number of nitrogens with zero attached hydrogens (tertiary/aromatic N) is 4. The lowest BCUT2D eigenvalue weighted by Gasteiger charge is -2.39. The van der Waals surface area contributed by atoms with Crippen molar-refractivity contribution in [3.8, 4) is 0 Å². The van der Waals surface area contributed by atoms with Gasteiger partial charge in [0.15, 0.2) is 5.76 Å². The topological polar surface area (TPSA) is 91.8 Å². The van der Waals surface area contributed by atoms with Crippen molar-refractivity contribution in [1.29, 1.82) is 0 Å². The van der Waals surface area contributed by atoms with Crippen LogP contribution in [-0.2, 0) is 11.3 Å². The number of carbonyl (C=O) groups is 2. The molecule has 4 heterocycles. The van der Waals surface area contributed by atoms with E-state index >= 15 is 0 Å². The Kier molecular flexibility index (Phi) is 4.73. The number of likely N-dealkylation sites (tertiary alicyclic amines) is 2. The minimum absolute atomic E-state index is 0.0319. The molecule has 8 nitrogen and oxygen atoms in total. The SMILES string of the molecule is O=C(c1ccc(Cn2cccn2)o1)N1CC[C@]2(CCCN(CCO)C2=O)C1. The van der Waals surface area contributed by atoms with E-state index in [1.807, 2.05) is 12.3 Å². The summed E-state index contributed by atoms with van der Waals surface area (Å²) in [5, 5.41) is 13.3. The van der Waals surface area contributed by atoms with Gasteiger partial charge in [0.25, 0.3) is 5.91 Å². The lowest BCUT2D eigenvalue weighted by atomic mass is 9.78. The Balaban J connectivity index is 1.43. The summed E-state index contributed by atoms with van der Waals surface area (Å²) in [6.45, 7) is 2.46. The molecular formula is C19H24N4O4. The molecule has 0 radical (unpaired) electrons. The largest absolute Gasteiger partial charge is 0.454 e. The van der Waals surface area contributed by atoms with Crippen LogP contribution >= 0.6 is 0 Å². The van der Waals surface area contributed by atoms with Gasteiger partial charge in [-0.15, -0.1) is 0 Å². The standard InChI is InChI=1S/C19H24N4O4/c24-12-11-21-8-1-5-19(18(21)26)6-10-22(14-19)17(25)16-4-3-15(27-16)13-23-9-2-7-20-23/h2-4,7,9,24H,1,5-6,8,10-14H2/t19-/m1/s1. The summed E-state index contributed by atoms with van der Waals surface area (Å²) in [5.41, 5.74) is -0.506. The number of rotatable bonds is 5. The van der Waals surface area contributed by atoms with Crippen molar-refractivity contribution in [2.75, 3.05) is 32.8 Å². The zero-order valence-corrected chi connectivity index (χ0v) is 15.2. The van der Waals surface area contributed by atoms with Gasteiger partial charge < -0.3 is 19.3 Å². The molecule has 27 heavy (non-hydrogen) atoms. The number of aromatic nitrogens is 2. The lowest BCUT2D eigenvalue weighted by molar-refractivity contribution is -0.146. The van der Waals surface area contributed by atoms with E-state index in [9.17, 15) is 14.7 Å². The number of aliphatic hydroxyl groups excluding tert-OH is 1. The van der Waals surface area contributed by atoms with E-state index < -0.39 is 5.41 Å². The van der Waals surface area contributed by atoms with Gasteiger partial charge in [-0.2, -0.15) is 5.10 Å². The van der Waals surface area contributed by atoms with Gasteiger partial charge in [-0.3, -0.25) is 14.3 Å². The van der Waals surface area contributed by atoms with Crippen molar-refractivity contribution in [2.24, 2.45) is 5.41 Å². The number of carbonyl (C=O) groups excluding carboxylic acids is 2. The molecule has 0 aliphatic carbocycles. The molecule has 2 fully saturated rings. The lowest BCUT2D eigenvalue weighted by Crippen LogP contribution is -2.51. The highest BCUT2D eigenvalue weighted by Gasteiger charge is 2.49. The fourth-order valence-corrected chi connectivity index (χ4v) is 4.20. The maximum absolute atomic E-state index is 12.9. The van der Waals surface area contributed by atoms with Crippen LogP contribution < -0.4 is 0 Å². The third kappa shape index (κ3) is 3.37. The number of aliphatic hydroxyl groups is 1. The quantitative estimate of drug-likeness (QED) is 0.844. The molecule has 2 amide bonds. The van der Waals surface area contributed by atoms with Crippen LogP contribution in [0.15, 0.2) is 35.0 Å². The second-order valence-corrected chi connectivity index (χ2v) is 7.35. The van der Waals surface area contributed by atoms with Crippen LogP contribution in [0.2, 0.25) is 0 Å². The van der Waals surface area contributed by atoms with Gasteiger partial charge in [0.05, 0.1) is 18.6 Å². The molecule has 8 heteroatoms. The Morgan fingerprint density at radius 2 is 2.19 bits per heavy atom. The number of hydrogen-bond acceptors (Lipinski definition) is 5. The van der Waals surface area contributed by atoms with E-state index in [-0.39, 0.29) is 18.4 Å². The number of hydrogen-bond donors (Lipinski definition) is 1. The minimum atomic E-state index is -0.506. The van der Waals surface area contributed by atoms with Crippen molar-refractivity contribution in [2.45, 2.75) is 25.8 Å². The molecule has 2 saturated heterocycles. The molecular weight excluding hydrogens is 348 g/mol. The summed E-state index contributed by atoms with van der Waals surface area (Å²) in [5.74, 6) is 0.853. The van der Waals surface area contributed by atoms with Gasteiger partial charge in [-0.05, 0) is 37.5 Å². The molecule has 1 N–H and O–H groups in total. The van der Waals surface area contributed by atoms with E-state index in [4.69, 9.17) is 4.42 Å². The average molecular weight is 372 g/mol. The molecule has 2 aliphatic rings. The smallest absolute Gasteiger partial charge is 0.289 e. The Bertz CT molecular complexity index is 814. The van der Waals surface area contributed by atoms with Crippen LogP contribution in [0.5, 0.6) is 0 Å². The Labute approximate surface area is 157 Å². The molecule has 2 aromatic rings. The summed E-state index contributed by atoms with van der Waals surface area (Å²) >= 11 is 0. The minimum Gasteiger partial charge on any atom is -0.454 e. The number of furan rings is 1. The van der Waals surface area contributed by atoms with E-state index in [0.717, 1.165) is 12.8 Å². The Hall–Kier alpha value is -2.61. The first-order chi connectivity index (χ1) is 13.1. The first-order valence-electron chi connectivity index (χ1n) is 9.37. The molecule has 0 aromatic carbocycles. The van der Waals surface area contributed by atoms with Crippen LogP contribution in [0, 0.1) is 5.41 Å². The summed E-state index contributed by atoms with van der Waals surface area (Å²) < 4.78 is 7.44. The summed E-state index contributed by atoms with van der Waals surface area (Å²) in [6, 6.07) is 5.31. The Morgan fingerprint density at radius 1 is 1.30 bits per heavy atom. The van der Waals surface area contributed by atoms with Crippen LogP contribution in [0.4, 0.5) is 0 Å². The van der Waals surface area contributed by atoms with Crippen molar-refractivity contribution in [3.63, 3.8) is 0 Å². The van der Waals surface area contributed by atoms with E-state index in [1.54, 1.807) is 32.8 Å². The fourth-order valence-electron chi connectivity index (χ4n) is 4.20. The summed E-state index contributed by atoms with van der Waals surface area (Å²) in [4.78, 5) is 29.2. The van der Waals surface area contributed by atoms with Crippen LogP contribution in [0.3, 0.4) is 0 Å². The van der Waals surface area contributed by atoms with Gasteiger partial charge in [0.1, 0.15) is 5.76 Å². The average Bonchev–Trinajstić information content (AvgIpc) is 3.41. The van der Waals surface area contributed by atoms with E-state index in [0.29, 0.717) is 50.7 Å². The van der Waals surface area contributed by atoms with Gasteiger partial charge >= 0.3 is 0 Å². The zero-order chi connectivity index (χ0) is 18.9. The van der Waals surface area contributed by atoms with Gasteiger partial charge in [-0.25, -0.2) is 0 Å². The monoisotopic (exact) mass is 372 g/mol. The predicted octanol–water partition coefficient (Wildman–Crippen LogP) is 0.971. The molecule has 2 aromatic heterocycles. The highest BCUT2D eigenvalue weighted by molar-refractivity contribution is 5.93. The molecule has 1 spiro atoms. The van der Waals surface area contributed by atoms with E-state index in [1.165, 1.54) is 0 Å². The molecule has 4 rings (SSSR count). The number of piperidine rings is 1.